The molecular weight excluding hydrogens is 550 g/mol. The van der Waals surface area contributed by atoms with Crippen molar-refractivity contribution in [3.8, 4) is 11.5 Å². The summed E-state index contributed by atoms with van der Waals surface area (Å²) in [7, 11) is 0. The highest BCUT2D eigenvalue weighted by molar-refractivity contribution is 5.90. The van der Waals surface area contributed by atoms with Gasteiger partial charge in [0.25, 0.3) is 0 Å². The van der Waals surface area contributed by atoms with Crippen molar-refractivity contribution in [2.24, 2.45) is 0 Å². The van der Waals surface area contributed by atoms with E-state index in [1.165, 1.54) is 0 Å². The van der Waals surface area contributed by atoms with Gasteiger partial charge in [0.05, 0.1) is 18.8 Å². The maximum absolute atomic E-state index is 12.9. The number of nitrogens with one attached hydrogen (secondary N) is 2. The second kappa shape index (κ2) is 15.9. The summed E-state index contributed by atoms with van der Waals surface area (Å²) in [5.41, 5.74) is 1.77. The molecule has 1 heterocycles. The number of hydrogen-bond acceptors (Lipinski definition) is 8. The zero-order valence-electron chi connectivity index (χ0n) is 24.8. The van der Waals surface area contributed by atoms with Crippen LogP contribution in [0.5, 0.6) is 11.5 Å². The minimum absolute atomic E-state index is 0.142. The van der Waals surface area contributed by atoms with Gasteiger partial charge in [-0.25, -0.2) is 9.59 Å². The highest BCUT2D eigenvalue weighted by atomic mass is 16.5. The molecule has 0 aromatic heterocycles. The van der Waals surface area contributed by atoms with Crippen LogP contribution in [-0.4, -0.2) is 79.6 Å². The van der Waals surface area contributed by atoms with Crippen LogP contribution in [0, 0.1) is 0 Å². The Morgan fingerprint density at radius 2 is 1.51 bits per heavy atom. The molecule has 3 aromatic carbocycles. The van der Waals surface area contributed by atoms with Crippen LogP contribution in [0.25, 0.3) is 0 Å². The third-order valence-corrected chi connectivity index (χ3v) is 6.86. The lowest BCUT2D eigenvalue weighted by molar-refractivity contribution is 0.0244. The Morgan fingerprint density at radius 1 is 0.907 bits per heavy atom. The van der Waals surface area contributed by atoms with Crippen LogP contribution < -0.4 is 20.1 Å². The van der Waals surface area contributed by atoms with E-state index in [0.717, 1.165) is 11.1 Å². The predicted octanol–water partition coefficient (Wildman–Crippen LogP) is 3.77. The number of urea groups is 1. The standard InChI is InChI=1S/C33H41N3O7/c1-33(2,24-34-32(39)36-15-17-40-18-16-36)35-20-28(37)23-43-31(38)27-13-14-29(41-21-25-9-5-3-6-10-25)30(19-27)42-22-26-11-7-4-8-12-26/h3-14,19,28,35,37H,15-18,20-24H2,1-2H3,(H,34,39). The first-order chi connectivity index (χ1) is 20.8. The molecule has 0 aliphatic carbocycles. The number of hydrogen-bond donors (Lipinski definition) is 3. The van der Waals surface area contributed by atoms with Crippen molar-refractivity contribution in [3.05, 3.63) is 95.6 Å². The molecule has 1 fully saturated rings. The van der Waals surface area contributed by atoms with Crippen LogP contribution in [0.3, 0.4) is 0 Å². The molecule has 0 radical (unpaired) electrons. The molecule has 230 valence electrons. The number of carbonyl (C=O) groups is 2. The Labute approximate surface area is 252 Å². The smallest absolute Gasteiger partial charge is 0.338 e. The van der Waals surface area contributed by atoms with Crippen LogP contribution in [0.2, 0.25) is 0 Å². The minimum Gasteiger partial charge on any atom is -0.485 e. The van der Waals surface area contributed by atoms with Crippen molar-refractivity contribution in [3.63, 3.8) is 0 Å². The molecule has 1 atom stereocenters. The molecule has 0 spiro atoms. The molecule has 43 heavy (non-hydrogen) atoms. The van der Waals surface area contributed by atoms with Gasteiger partial charge >= 0.3 is 12.0 Å². The first-order valence-electron chi connectivity index (χ1n) is 14.5. The first kappa shape index (κ1) is 31.8. The molecule has 0 bridgehead atoms. The number of morpholine rings is 1. The van der Waals surface area contributed by atoms with E-state index >= 15 is 0 Å². The maximum Gasteiger partial charge on any atom is 0.338 e. The van der Waals surface area contributed by atoms with Crippen LogP contribution in [0.1, 0.15) is 35.3 Å². The summed E-state index contributed by atoms with van der Waals surface area (Å²) in [5.74, 6) is 0.330. The van der Waals surface area contributed by atoms with Crippen molar-refractivity contribution in [1.29, 1.82) is 0 Å². The Balaban J connectivity index is 1.28. The lowest BCUT2D eigenvalue weighted by Gasteiger charge is -2.31. The van der Waals surface area contributed by atoms with Gasteiger partial charge in [0.15, 0.2) is 11.5 Å². The van der Waals surface area contributed by atoms with Gasteiger partial charge in [0, 0.05) is 31.7 Å². The van der Waals surface area contributed by atoms with Crippen molar-refractivity contribution < 1.29 is 33.6 Å². The fourth-order valence-corrected chi connectivity index (χ4v) is 4.28. The second-order valence-corrected chi connectivity index (χ2v) is 11.0. The molecule has 4 rings (SSSR count). The SMILES string of the molecule is CC(C)(CNC(=O)N1CCOCC1)NCC(O)COC(=O)c1ccc(OCc2ccccc2)c(OCc2ccccc2)c1. The van der Waals surface area contributed by atoms with Gasteiger partial charge < -0.3 is 39.6 Å². The van der Waals surface area contributed by atoms with Crippen molar-refractivity contribution in [2.75, 3.05) is 46.0 Å². The summed E-state index contributed by atoms with van der Waals surface area (Å²) in [5, 5.41) is 16.6. The zero-order valence-corrected chi connectivity index (χ0v) is 24.8. The number of carbonyl (C=O) groups excluding carboxylic acids is 2. The van der Waals surface area contributed by atoms with E-state index in [4.69, 9.17) is 18.9 Å². The molecular formula is C33H41N3O7. The van der Waals surface area contributed by atoms with E-state index < -0.39 is 17.6 Å². The van der Waals surface area contributed by atoms with Gasteiger partial charge in [-0.15, -0.1) is 0 Å². The predicted molar refractivity (Wildman–Crippen MR) is 162 cm³/mol. The summed E-state index contributed by atoms with van der Waals surface area (Å²) < 4.78 is 22.8. The average molecular weight is 592 g/mol. The first-order valence-corrected chi connectivity index (χ1v) is 14.5. The van der Waals surface area contributed by atoms with E-state index in [9.17, 15) is 14.7 Å². The highest BCUT2D eigenvalue weighted by Crippen LogP contribution is 2.30. The molecule has 1 saturated heterocycles. The average Bonchev–Trinajstić information content (AvgIpc) is 3.04. The topological polar surface area (TPSA) is 119 Å². The van der Waals surface area contributed by atoms with E-state index in [-0.39, 0.29) is 24.7 Å². The number of amides is 2. The van der Waals surface area contributed by atoms with Gasteiger partial charge in [-0.05, 0) is 43.2 Å². The minimum atomic E-state index is -0.944. The molecule has 10 heteroatoms. The van der Waals surface area contributed by atoms with Gasteiger partial charge in [0.2, 0.25) is 0 Å². The molecule has 3 N–H and O–H groups in total. The Bertz CT molecular complexity index is 1300. The van der Waals surface area contributed by atoms with Crippen LogP contribution >= 0.6 is 0 Å². The Hall–Kier alpha value is -4.12. The van der Waals surface area contributed by atoms with Gasteiger partial charge in [-0.3, -0.25) is 0 Å². The number of nitrogens with zero attached hydrogens (tertiary/aromatic N) is 1. The van der Waals surface area contributed by atoms with E-state index in [1.807, 2.05) is 74.5 Å². The fourth-order valence-electron chi connectivity index (χ4n) is 4.28. The molecule has 3 aromatic rings. The summed E-state index contributed by atoms with van der Waals surface area (Å²) in [4.78, 5) is 27.0. The van der Waals surface area contributed by atoms with E-state index in [1.54, 1.807) is 23.1 Å². The van der Waals surface area contributed by atoms with Crippen LogP contribution in [-0.2, 0) is 22.7 Å². The lowest BCUT2D eigenvalue weighted by atomic mass is 10.1. The third-order valence-electron chi connectivity index (χ3n) is 6.86. The molecule has 1 unspecified atom stereocenters. The fraction of sp³-hybridized carbons (Fsp3) is 0.394. The maximum atomic E-state index is 12.9. The number of esters is 1. The monoisotopic (exact) mass is 591 g/mol. The number of ether oxygens (including phenoxy) is 4. The number of aliphatic hydroxyl groups excluding tert-OH is 1. The van der Waals surface area contributed by atoms with Gasteiger partial charge in [0.1, 0.15) is 25.9 Å². The normalized spacial score (nSPS) is 14.1. The molecule has 1 aliphatic heterocycles. The second-order valence-electron chi connectivity index (χ2n) is 11.0. The largest absolute Gasteiger partial charge is 0.485 e. The number of β-amino-alcohol motifs (C(OH)–C–C–N with tert-alkyl or cyclic N) is 1. The molecule has 1 aliphatic rings. The summed E-state index contributed by atoms with van der Waals surface area (Å²) in [6.45, 7) is 7.02. The highest BCUT2D eigenvalue weighted by Gasteiger charge is 2.23. The van der Waals surface area contributed by atoms with Crippen molar-refractivity contribution in [1.82, 2.24) is 15.5 Å². The zero-order chi connectivity index (χ0) is 30.5. The van der Waals surface area contributed by atoms with Crippen molar-refractivity contribution in [2.45, 2.75) is 38.7 Å². The van der Waals surface area contributed by atoms with E-state index in [0.29, 0.717) is 57.6 Å². The number of benzene rings is 3. The molecule has 10 nitrogen and oxygen atoms in total. The number of rotatable bonds is 14. The van der Waals surface area contributed by atoms with Gasteiger partial charge in [-0.2, -0.15) is 0 Å². The van der Waals surface area contributed by atoms with Gasteiger partial charge in [-0.1, -0.05) is 60.7 Å². The van der Waals surface area contributed by atoms with Crippen molar-refractivity contribution >= 4 is 12.0 Å². The third kappa shape index (κ3) is 10.6. The quantitative estimate of drug-likeness (QED) is 0.243. The van der Waals surface area contributed by atoms with Crippen LogP contribution in [0.15, 0.2) is 78.9 Å². The lowest BCUT2D eigenvalue weighted by Crippen LogP contribution is -2.54. The Morgan fingerprint density at radius 3 is 2.14 bits per heavy atom. The number of aliphatic hydroxyl groups is 1. The van der Waals surface area contributed by atoms with Crippen LogP contribution in [0.4, 0.5) is 4.79 Å². The molecule has 0 saturated carbocycles. The summed E-state index contributed by atoms with van der Waals surface area (Å²) in [6, 6.07) is 24.2. The van der Waals surface area contributed by atoms with E-state index in [2.05, 4.69) is 10.6 Å². The molecule has 2 amide bonds. The summed E-state index contributed by atoms with van der Waals surface area (Å²) in [6.07, 6.45) is -0.944. The summed E-state index contributed by atoms with van der Waals surface area (Å²) >= 11 is 0. The Kier molecular flexibility index (Phi) is 11.8.